The second-order valence-electron chi connectivity index (χ2n) is 5.90. The average Bonchev–Trinajstić information content (AvgIpc) is 3.01. The van der Waals surface area contributed by atoms with Crippen LogP contribution < -0.4 is 23.8 Å². The molecule has 3 rings (SSSR count). The standard InChI is InChI=1S/C21H21NO5S2/c1-5-27-15-8-6-14(7-9-15)22-20(23)18(29-21(22)28)12-13-10-16(24-2)19(26-4)17(11-13)25-3/h6-12H,5H2,1-4H3/b18-12-. The van der Waals surface area contributed by atoms with Crippen LogP contribution in [-0.4, -0.2) is 38.2 Å². The Kier molecular flexibility index (Phi) is 6.66. The monoisotopic (exact) mass is 431 g/mol. The molecule has 0 unspecified atom stereocenters. The summed E-state index contributed by atoms with van der Waals surface area (Å²) in [6.45, 7) is 2.50. The van der Waals surface area contributed by atoms with Crippen LogP contribution in [0.25, 0.3) is 6.08 Å². The number of anilines is 1. The topological polar surface area (TPSA) is 57.2 Å². The van der Waals surface area contributed by atoms with Crippen molar-refractivity contribution >= 4 is 46.0 Å². The number of carbonyl (C=O) groups excluding carboxylic acids is 1. The number of methoxy groups -OCH3 is 3. The van der Waals surface area contributed by atoms with Gasteiger partial charge in [-0.15, -0.1) is 0 Å². The van der Waals surface area contributed by atoms with Crippen LogP contribution in [0, 0.1) is 0 Å². The van der Waals surface area contributed by atoms with E-state index in [1.807, 2.05) is 31.2 Å². The van der Waals surface area contributed by atoms with Gasteiger partial charge in [-0.05, 0) is 55.0 Å². The predicted molar refractivity (Wildman–Crippen MR) is 119 cm³/mol. The molecule has 1 amide bonds. The lowest BCUT2D eigenvalue weighted by Crippen LogP contribution is -2.27. The van der Waals surface area contributed by atoms with Crippen molar-refractivity contribution < 1.29 is 23.7 Å². The summed E-state index contributed by atoms with van der Waals surface area (Å²) in [4.78, 5) is 15.0. The van der Waals surface area contributed by atoms with Gasteiger partial charge in [-0.3, -0.25) is 9.69 Å². The molecule has 0 radical (unpaired) electrons. The van der Waals surface area contributed by atoms with Gasteiger partial charge in [0.1, 0.15) is 5.75 Å². The molecule has 0 aliphatic carbocycles. The fourth-order valence-electron chi connectivity index (χ4n) is 2.88. The molecule has 6 nitrogen and oxygen atoms in total. The van der Waals surface area contributed by atoms with Crippen LogP contribution in [-0.2, 0) is 4.79 Å². The van der Waals surface area contributed by atoms with Crippen LogP contribution in [0.4, 0.5) is 5.69 Å². The van der Waals surface area contributed by atoms with Crippen LogP contribution in [0.2, 0.25) is 0 Å². The van der Waals surface area contributed by atoms with Crippen LogP contribution in [0.15, 0.2) is 41.3 Å². The normalized spacial score (nSPS) is 15.0. The second-order valence-corrected chi connectivity index (χ2v) is 7.58. The van der Waals surface area contributed by atoms with Crippen molar-refractivity contribution in [2.45, 2.75) is 6.92 Å². The number of hydrogen-bond acceptors (Lipinski definition) is 7. The first-order chi connectivity index (χ1) is 14.0. The smallest absolute Gasteiger partial charge is 0.270 e. The summed E-state index contributed by atoms with van der Waals surface area (Å²) in [5.74, 6) is 2.09. The third-order valence-electron chi connectivity index (χ3n) is 4.18. The highest BCUT2D eigenvalue weighted by Gasteiger charge is 2.33. The van der Waals surface area contributed by atoms with Gasteiger partial charge in [-0.1, -0.05) is 24.0 Å². The quantitative estimate of drug-likeness (QED) is 0.472. The Bertz CT molecular complexity index is 931. The van der Waals surface area contributed by atoms with E-state index in [9.17, 15) is 4.79 Å². The van der Waals surface area contributed by atoms with Crippen molar-refractivity contribution in [1.29, 1.82) is 0 Å². The Morgan fingerprint density at radius 3 is 2.17 bits per heavy atom. The first-order valence-corrected chi connectivity index (χ1v) is 10.1. The summed E-state index contributed by atoms with van der Waals surface area (Å²) >= 11 is 6.69. The van der Waals surface area contributed by atoms with Gasteiger partial charge in [0, 0.05) is 0 Å². The largest absolute Gasteiger partial charge is 0.494 e. The lowest BCUT2D eigenvalue weighted by atomic mass is 10.1. The highest BCUT2D eigenvalue weighted by Crippen LogP contribution is 2.41. The summed E-state index contributed by atoms with van der Waals surface area (Å²) in [5, 5.41) is 0. The van der Waals surface area contributed by atoms with E-state index in [1.54, 1.807) is 39.5 Å². The molecule has 1 heterocycles. The van der Waals surface area contributed by atoms with Crippen molar-refractivity contribution in [2.24, 2.45) is 0 Å². The molecule has 0 N–H and O–H groups in total. The minimum absolute atomic E-state index is 0.182. The Morgan fingerprint density at radius 1 is 1.03 bits per heavy atom. The molecular formula is C21H21NO5S2. The highest BCUT2D eigenvalue weighted by molar-refractivity contribution is 8.27. The Labute approximate surface area is 179 Å². The van der Waals surface area contributed by atoms with Gasteiger partial charge in [-0.25, -0.2) is 0 Å². The van der Waals surface area contributed by atoms with Crippen molar-refractivity contribution in [3.8, 4) is 23.0 Å². The van der Waals surface area contributed by atoms with Gasteiger partial charge in [0.2, 0.25) is 5.75 Å². The van der Waals surface area contributed by atoms with Crippen LogP contribution in [0.3, 0.4) is 0 Å². The third-order valence-corrected chi connectivity index (χ3v) is 5.49. The van der Waals surface area contributed by atoms with Crippen LogP contribution >= 0.6 is 24.0 Å². The van der Waals surface area contributed by atoms with E-state index >= 15 is 0 Å². The number of hydrogen-bond donors (Lipinski definition) is 0. The molecule has 0 saturated carbocycles. The summed E-state index contributed by atoms with van der Waals surface area (Å²) < 4.78 is 22.0. The van der Waals surface area contributed by atoms with Crippen molar-refractivity contribution in [3.05, 3.63) is 46.9 Å². The Balaban J connectivity index is 1.92. The first kappa shape index (κ1) is 21.0. The van der Waals surface area contributed by atoms with Gasteiger partial charge < -0.3 is 18.9 Å². The average molecular weight is 432 g/mol. The Hall–Kier alpha value is -2.71. The molecule has 29 heavy (non-hydrogen) atoms. The number of thioether (sulfide) groups is 1. The Morgan fingerprint density at radius 2 is 1.66 bits per heavy atom. The van der Waals surface area contributed by atoms with Gasteiger partial charge in [0.15, 0.2) is 15.8 Å². The van der Waals surface area contributed by atoms with E-state index in [4.69, 9.17) is 31.2 Å². The maximum atomic E-state index is 13.0. The zero-order valence-corrected chi connectivity index (χ0v) is 18.2. The molecule has 152 valence electrons. The maximum absolute atomic E-state index is 13.0. The number of thiocarbonyl (C=S) groups is 1. The van der Waals surface area contributed by atoms with Crippen LogP contribution in [0.1, 0.15) is 12.5 Å². The molecule has 1 aliphatic heterocycles. The predicted octanol–water partition coefficient (Wildman–Crippen LogP) is 4.52. The number of nitrogens with zero attached hydrogens (tertiary/aromatic N) is 1. The molecule has 0 bridgehead atoms. The zero-order chi connectivity index (χ0) is 21.0. The SMILES string of the molecule is CCOc1ccc(N2C(=O)/C(=C/c3cc(OC)c(OC)c(OC)c3)SC2=S)cc1. The van der Waals surface area contributed by atoms with E-state index in [0.29, 0.717) is 38.8 Å². The van der Waals surface area contributed by atoms with E-state index in [0.717, 1.165) is 11.3 Å². The van der Waals surface area contributed by atoms with Crippen LogP contribution in [0.5, 0.6) is 23.0 Å². The molecular weight excluding hydrogens is 410 g/mol. The second kappa shape index (κ2) is 9.19. The number of amides is 1. The molecule has 8 heteroatoms. The fraction of sp³-hybridized carbons (Fsp3) is 0.238. The first-order valence-electron chi connectivity index (χ1n) is 8.83. The molecule has 1 aliphatic rings. The maximum Gasteiger partial charge on any atom is 0.270 e. The van der Waals surface area contributed by atoms with Crippen molar-refractivity contribution in [3.63, 3.8) is 0 Å². The van der Waals surface area contributed by atoms with Gasteiger partial charge >= 0.3 is 0 Å². The van der Waals surface area contributed by atoms with E-state index < -0.39 is 0 Å². The molecule has 2 aromatic rings. The lowest BCUT2D eigenvalue weighted by Gasteiger charge is -2.15. The molecule has 0 aromatic heterocycles. The number of carbonyl (C=O) groups is 1. The summed E-state index contributed by atoms with van der Waals surface area (Å²) in [5.41, 5.74) is 1.44. The number of ether oxygens (including phenoxy) is 4. The highest BCUT2D eigenvalue weighted by atomic mass is 32.2. The number of benzene rings is 2. The summed E-state index contributed by atoms with van der Waals surface area (Å²) in [7, 11) is 4.64. The van der Waals surface area contributed by atoms with Crippen molar-refractivity contribution in [1.82, 2.24) is 0 Å². The molecule has 1 fully saturated rings. The fourth-order valence-corrected chi connectivity index (χ4v) is 4.18. The molecule has 2 aromatic carbocycles. The lowest BCUT2D eigenvalue weighted by molar-refractivity contribution is -0.113. The summed E-state index contributed by atoms with van der Waals surface area (Å²) in [6.07, 6.45) is 1.76. The van der Waals surface area contributed by atoms with Gasteiger partial charge in [-0.2, -0.15) is 0 Å². The van der Waals surface area contributed by atoms with E-state index in [-0.39, 0.29) is 5.91 Å². The molecule has 0 atom stereocenters. The number of rotatable bonds is 7. The zero-order valence-electron chi connectivity index (χ0n) is 16.6. The third kappa shape index (κ3) is 4.33. The van der Waals surface area contributed by atoms with Crippen molar-refractivity contribution in [2.75, 3.05) is 32.8 Å². The van der Waals surface area contributed by atoms with Gasteiger partial charge in [0.25, 0.3) is 5.91 Å². The molecule has 0 spiro atoms. The van der Waals surface area contributed by atoms with Gasteiger partial charge in [0.05, 0.1) is 38.5 Å². The van der Waals surface area contributed by atoms with E-state index in [2.05, 4.69) is 0 Å². The summed E-state index contributed by atoms with van der Waals surface area (Å²) in [6, 6.07) is 10.8. The molecule has 1 saturated heterocycles. The minimum atomic E-state index is -0.182. The minimum Gasteiger partial charge on any atom is -0.494 e. The van der Waals surface area contributed by atoms with E-state index in [1.165, 1.54) is 16.7 Å².